The van der Waals surface area contributed by atoms with Gasteiger partial charge in [0.1, 0.15) is 0 Å². The lowest BCUT2D eigenvalue weighted by molar-refractivity contribution is -0.191. The lowest BCUT2D eigenvalue weighted by atomic mass is 9.81. The number of hydrogen-bond donors (Lipinski definition) is 1. The Bertz CT molecular complexity index is 876. The largest absolute Gasteiger partial charge is 0.409 e. The van der Waals surface area contributed by atoms with Gasteiger partial charge in [-0.15, -0.1) is 0 Å². The zero-order chi connectivity index (χ0) is 20.2. The van der Waals surface area contributed by atoms with Crippen LogP contribution in [0.15, 0.2) is 36.4 Å². The van der Waals surface area contributed by atoms with Crippen molar-refractivity contribution >= 4 is 16.7 Å². The fourth-order valence-electron chi connectivity index (χ4n) is 3.72. The van der Waals surface area contributed by atoms with E-state index in [4.69, 9.17) is 0 Å². The first kappa shape index (κ1) is 19.7. The van der Waals surface area contributed by atoms with E-state index >= 15 is 0 Å². The molecule has 1 amide bonds. The van der Waals surface area contributed by atoms with Gasteiger partial charge in [-0.2, -0.15) is 13.2 Å². The minimum Gasteiger partial charge on any atom is -0.287 e. The summed E-state index contributed by atoms with van der Waals surface area (Å²) in [4.78, 5) is 12.1. The maximum absolute atomic E-state index is 14.2. The summed E-state index contributed by atoms with van der Waals surface area (Å²) < 4.78 is 42.6. The van der Waals surface area contributed by atoms with E-state index in [2.05, 4.69) is 5.43 Å². The zero-order valence-electron chi connectivity index (χ0n) is 16.2. The first-order chi connectivity index (χ1) is 12.3. The molecule has 1 aliphatic rings. The summed E-state index contributed by atoms with van der Waals surface area (Å²) in [6.45, 7) is 9.26. The van der Waals surface area contributed by atoms with Crippen LogP contribution in [-0.4, -0.2) is 23.6 Å². The number of carbonyl (C=O) groups is 1. The predicted octanol–water partition coefficient (Wildman–Crippen LogP) is 5.11. The van der Waals surface area contributed by atoms with Crippen LogP contribution in [0.2, 0.25) is 0 Å². The number of rotatable bonds is 2. The van der Waals surface area contributed by atoms with Gasteiger partial charge >= 0.3 is 6.18 Å². The molecule has 1 saturated heterocycles. The molecule has 3 rings (SSSR count). The van der Waals surface area contributed by atoms with Crippen LogP contribution < -0.4 is 5.43 Å². The van der Waals surface area contributed by atoms with Crippen molar-refractivity contribution in [3.8, 4) is 0 Å². The molecule has 1 aliphatic heterocycles. The van der Waals surface area contributed by atoms with Crippen LogP contribution in [0.25, 0.3) is 10.8 Å². The van der Waals surface area contributed by atoms with Gasteiger partial charge in [0.2, 0.25) is 5.91 Å². The van der Waals surface area contributed by atoms with Gasteiger partial charge in [-0.25, -0.2) is 5.01 Å². The highest BCUT2D eigenvalue weighted by molar-refractivity contribution is 5.90. The molecular weight excluding hydrogens is 353 g/mol. The minimum absolute atomic E-state index is 0.00984. The standard InChI is InChI=1S/C21H25F3N2O/c1-19(2,3)15-11-7-9-13-8-6-10-14(16(13)15)17(21(22,23)24)26-12-20(4,5)18(27)25-26/h6-11,17H,12H2,1-5H3,(H,25,27)/t17-/m0/s1. The second kappa shape index (κ2) is 6.23. The van der Waals surface area contributed by atoms with Crippen LogP contribution in [0.3, 0.4) is 0 Å². The van der Waals surface area contributed by atoms with Crippen molar-refractivity contribution in [2.24, 2.45) is 5.41 Å². The predicted molar refractivity (Wildman–Crippen MR) is 100 cm³/mol. The van der Waals surface area contributed by atoms with Crippen molar-refractivity contribution in [1.82, 2.24) is 10.4 Å². The van der Waals surface area contributed by atoms with Gasteiger partial charge in [-0.3, -0.25) is 10.2 Å². The number of carbonyl (C=O) groups excluding carboxylic acids is 1. The van der Waals surface area contributed by atoms with Crippen molar-refractivity contribution in [2.75, 3.05) is 6.54 Å². The Morgan fingerprint density at radius 1 is 1.07 bits per heavy atom. The van der Waals surface area contributed by atoms with Gasteiger partial charge in [0.15, 0.2) is 6.04 Å². The fraction of sp³-hybridized carbons (Fsp3) is 0.476. The van der Waals surface area contributed by atoms with Crippen molar-refractivity contribution < 1.29 is 18.0 Å². The number of fused-ring (bicyclic) bond motifs is 1. The average molecular weight is 378 g/mol. The Labute approximate surface area is 157 Å². The van der Waals surface area contributed by atoms with Gasteiger partial charge in [0, 0.05) is 6.54 Å². The Hall–Kier alpha value is -2.08. The van der Waals surface area contributed by atoms with Gasteiger partial charge < -0.3 is 0 Å². The van der Waals surface area contributed by atoms with Gasteiger partial charge in [-0.05, 0) is 41.2 Å². The van der Waals surface area contributed by atoms with E-state index in [1.807, 2.05) is 45.0 Å². The molecule has 0 aliphatic carbocycles. The maximum Gasteiger partial charge on any atom is 0.409 e. The lowest BCUT2D eigenvalue weighted by Gasteiger charge is -2.32. The number of hydrazine groups is 1. The third-order valence-electron chi connectivity index (χ3n) is 5.09. The molecule has 0 saturated carbocycles. The molecule has 0 unspecified atom stereocenters. The molecule has 1 fully saturated rings. The summed E-state index contributed by atoms with van der Waals surface area (Å²) in [7, 11) is 0. The van der Waals surface area contributed by atoms with E-state index < -0.39 is 23.5 Å². The maximum atomic E-state index is 14.2. The summed E-state index contributed by atoms with van der Waals surface area (Å²) in [5, 5.41) is 2.41. The quantitative estimate of drug-likeness (QED) is 0.787. The molecule has 0 radical (unpaired) electrons. The average Bonchev–Trinajstić information content (AvgIpc) is 2.77. The first-order valence-electron chi connectivity index (χ1n) is 8.99. The molecule has 6 heteroatoms. The Morgan fingerprint density at radius 2 is 1.67 bits per heavy atom. The molecule has 1 atom stereocenters. The highest BCUT2D eigenvalue weighted by atomic mass is 19.4. The number of amides is 1. The van der Waals surface area contributed by atoms with E-state index in [-0.39, 0.29) is 17.5 Å². The van der Waals surface area contributed by atoms with Crippen molar-refractivity contribution in [1.29, 1.82) is 0 Å². The zero-order valence-corrected chi connectivity index (χ0v) is 16.2. The molecule has 0 bridgehead atoms. The summed E-state index contributed by atoms with van der Waals surface area (Å²) in [5.41, 5.74) is 2.28. The van der Waals surface area contributed by atoms with Crippen LogP contribution in [0.5, 0.6) is 0 Å². The number of hydrogen-bond acceptors (Lipinski definition) is 2. The number of nitrogens with one attached hydrogen (secondary N) is 1. The first-order valence-corrected chi connectivity index (χ1v) is 8.99. The SMILES string of the molecule is CC1(C)CN([C@@H](c2cccc3cccc(C(C)(C)C)c23)C(F)(F)F)NC1=O. The topological polar surface area (TPSA) is 32.3 Å². The Morgan fingerprint density at radius 3 is 2.15 bits per heavy atom. The van der Waals surface area contributed by atoms with Gasteiger partial charge in [-0.1, -0.05) is 57.2 Å². The minimum atomic E-state index is -4.53. The van der Waals surface area contributed by atoms with Crippen LogP contribution in [0.4, 0.5) is 13.2 Å². The highest BCUT2D eigenvalue weighted by Crippen LogP contribution is 2.44. The number of halogens is 3. The fourth-order valence-corrected chi connectivity index (χ4v) is 3.72. The molecule has 1 N–H and O–H groups in total. The van der Waals surface area contributed by atoms with E-state index in [1.54, 1.807) is 19.9 Å². The van der Waals surface area contributed by atoms with Gasteiger partial charge in [0.05, 0.1) is 5.41 Å². The monoisotopic (exact) mass is 378 g/mol. The summed E-state index contributed by atoms with van der Waals surface area (Å²) in [5.74, 6) is -0.395. The third-order valence-corrected chi connectivity index (χ3v) is 5.09. The molecule has 2 aromatic carbocycles. The number of benzene rings is 2. The number of nitrogens with zero attached hydrogens (tertiary/aromatic N) is 1. The van der Waals surface area contributed by atoms with E-state index in [9.17, 15) is 18.0 Å². The number of alkyl halides is 3. The molecule has 3 nitrogen and oxygen atoms in total. The van der Waals surface area contributed by atoms with Crippen molar-refractivity contribution in [2.45, 2.75) is 52.3 Å². The Balaban J connectivity index is 2.26. The van der Waals surface area contributed by atoms with Crippen LogP contribution in [-0.2, 0) is 10.2 Å². The van der Waals surface area contributed by atoms with Crippen molar-refractivity contribution in [3.05, 3.63) is 47.5 Å². The lowest BCUT2D eigenvalue weighted by Crippen LogP contribution is -2.43. The molecular formula is C21H25F3N2O. The third kappa shape index (κ3) is 3.55. The summed E-state index contributed by atoms with van der Waals surface area (Å²) in [6, 6.07) is 8.67. The smallest absolute Gasteiger partial charge is 0.287 e. The highest BCUT2D eigenvalue weighted by Gasteiger charge is 2.51. The molecule has 2 aromatic rings. The van der Waals surface area contributed by atoms with Gasteiger partial charge in [0.25, 0.3) is 0 Å². The summed E-state index contributed by atoms with van der Waals surface area (Å²) >= 11 is 0. The normalized spacial score (nSPS) is 19.3. The molecule has 0 aromatic heterocycles. The van der Waals surface area contributed by atoms with Crippen LogP contribution >= 0.6 is 0 Å². The molecule has 27 heavy (non-hydrogen) atoms. The second-order valence-electron chi connectivity index (χ2n) is 8.90. The second-order valence-corrected chi connectivity index (χ2v) is 8.90. The molecule has 0 spiro atoms. The summed E-state index contributed by atoms with van der Waals surface area (Å²) in [6.07, 6.45) is -4.53. The van der Waals surface area contributed by atoms with Crippen molar-refractivity contribution in [3.63, 3.8) is 0 Å². The van der Waals surface area contributed by atoms with Crippen LogP contribution in [0.1, 0.15) is 51.8 Å². The van der Waals surface area contributed by atoms with Crippen LogP contribution in [0, 0.1) is 5.41 Å². The molecule has 1 heterocycles. The van der Waals surface area contributed by atoms with E-state index in [0.717, 1.165) is 16.0 Å². The van der Waals surface area contributed by atoms with E-state index in [1.165, 1.54) is 6.07 Å². The molecule has 146 valence electrons. The Kier molecular flexibility index (Phi) is 4.54. The van der Waals surface area contributed by atoms with E-state index in [0.29, 0.717) is 5.39 Å².